The molecule has 0 radical (unpaired) electrons. The summed E-state index contributed by atoms with van der Waals surface area (Å²) in [4.78, 5) is 0. The lowest BCUT2D eigenvalue weighted by molar-refractivity contribution is -0.0434. The Balaban J connectivity index is 2.01. The zero-order valence-electron chi connectivity index (χ0n) is 8.24. The molecule has 0 amide bonds. The van der Waals surface area contributed by atoms with E-state index in [1.54, 1.807) is 0 Å². The molecule has 5 heteroatoms. The lowest BCUT2D eigenvalue weighted by Gasteiger charge is -2.33. The summed E-state index contributed by atoms with van der Waals surface area (Å²) in [6.07, 6.45) is 3.43. The van der Waals surface area contributed by atoms with Crippen molar-refractivity contribution in [2.45, 2.75) is 37.4 Å². The molecule has 2 fully saturated rings. The van der Waals surface area contributed by atoms with Gasteiger partial charge in [-0.15, -0.1) is 0 Å². The van der Waals surface area contributed by atoms with E-state index in [1.165, 1.54) is 0 Å². The van der Waals surface area contributed by atoms with E-state index in [-0.39, 0.29) is 23.2 Å². The molecule has 0 aromatic rings. The van der Waals surface area contributed by atoms with Crippen LogP contribution in [-0.4, -0.2) is 38.2 Å². The minimum absolute atomic E-state index is 0.149. The molecule has 0 aliphatic carbocycles. The minimum atomic E-state index is -2.78. The van der Waals surface area contributed by atoms with Gasteiger partial charge in [0.05, 0.1) is 23.2 Å². The van der Waals surface area contributed by atoms with Crippen molar-refractivity contribution < 1.29 is 13.2 Å². The van der Waals surface area contributed by atoms with E-state index in [0.29, 0.717) is 19.4 Å². The zero-order chi connectivity index (χ0) is 10.2. The molecule has 82 valence electrons. The van der Waals surface area contributed by atoms with Gasteiger partial charge >= 0.3 is 0 Å². The van der Waals surface area contributed by atoms with Gasteiger partial charge in [0.25, 0.3) is 0 Å². The second kappa shape index (κ2) is 3.47. The predicted octanol–water partition coefficient (Wildman–Crippen LogP) is 0.0715. The fourth-order valence-electron chi connectivity index (χ4n) is 2.34. The van der Waals surface area contributed by atoms with Gasteiger partial charge in [-0.25, -0.2) is 8.42 Å². The van der Waals surface area contributed by atoms with E-state index in [2.05, 4.69) is 0 Å². The molecule has 14 heavy (non-hydrogen) atoms. The third kappa shape index (κ3) is 1.94. The van der Waals surface area contributed by atoms with Crippen LogP contribution < -0.4 is 5.73 Å². The Kier molecular flexibility index (Phi) is 2.57. The summed E-state index contributed by atoms with van der Waals surface area (Å²) in [5.74, 6) is 0.564. The second-order valence-corrected chi connectivity index (χ2v) is 6.65. The van der Waals surface area contributed by atoms with Gasteiger partial charge < -0.3 is 10.5 Å². The minimum Gasteiger partial charge on any atom is -0.370 e. The van der Waals surface area contributed by atoms with Gasteiger partial charge in [0, 0.05) is 6.54 Å². The van der Waals surface area contributed by atoms with Crippen molar-refractivity contribution in [3.8, 4) is 0 Å². The predicted molar refractivity (Wildman–Crippen MR) is 53.8 cm³/mol. The molecule has 2 aliphatic heterocycles. The first-order valence-electron chi connectivity index (χ1n) is 5.14. The molecular formula is C9H17NO3S. The van der Waals surface area contributed by atoms with Crippen molar-refractivity contribution in [1.82, 2.24) is 0 Å². The lowest BCUT2D eigenvalue weighted by Crippen LogP contribution is -2.40. The Labute approximate surface area is 84.7 Å². The molecule has 0 bridgehead atoms. The van der Waals surface area contributed by atoms with Crippen molar-refractivity contribution in [3.05, 3.63) is 0 Å². The van der Waals surface area contributed by atoms with E-state index in [9.17, 15) is 8.42 Å². The summed E-state index contributed by atoms with van der Waals surface area (Å²) in [7, 11) is -2.78. The largest absolute Gasteiger partial charge is 0.370 e. The number of sulfone groups is 1. The molecule has 0 saturated carbocycles. The topological polar surface area (TPSA) is 69.4 Å². The maximum Gasteiger partial charge on any atom is 0.150 e. The van der Waals surface area contributed by atoms with Crippen LogP contribution in [0.25, 0.3) is 0 Å². The summed E-state index contributed by atoms with van der Waals surface area (Å²) in [6, 6.07) is 0. The molecule has 2 saturated heterocycles. The Bertz CT molecular complexity index is 298. The maximum atomic E-state index is 11.3. The number of rotatable bonds is 1. The van der Waals surface area contributed by atoms with E-state index in [0.717, 1.165) is 12.8 Å². The van der Waals surface area contributed by atoms with Crippen LogP contribution in [-0.2, 0) is 14.6 Å². The molecule has 1 unspecified atom stereocenters. The molecule has 2 heterocycles. The number of hydrogen-bond acceptors (Lipinski definition) is 4. The van der Waals surface area contributed by atoms with Gasteiger partial charge in [0.15, 0.2) is 9.84 Å². The highest BCUT2D eigenvalue weighted by Crippen LogP contribution is 2.39. The van der Waals surface area contributed by atoms with Crippen LogP contribution in [0.5, 0.6) is 0 Å². The summed E-state index contributed by atoms with van der Waals surface area (Å²) < 4.78 is 28.4. The van der Waals surface area contributed by atoms with Crippen molar-refractivity contribution >= 4 is 9.84 Å². The van der Waals surface area contributed by atoms with Gasteiger partial charge in [0.1, 0.15) is 0 Å². The highest BCUT2D eigenvalue weighted by molar-refractivity contribution is 7.91. The van der Waals surface area contributed by atoms with Crippen LogP contribution in [0.2, 0.25) is 0 Å². The van der Waals surface area contributed by atoms with Crippen molar-refractivity contribution in [2.75, 3.05) is 18.1 Å². The van der Waals surface area contributed by atoms with Gasteiger partial charge in [-0.1, -0.05) is 0 Å². The van der Waals surface area contributed by atoms with Gasteiger partial charge in [0.2, 0.25) is 0 Å². The first-order chi connectivity index (χ1) is 6.55. The van der Waals surface area contributed by atoms with Crippen LogP contribution in [0, 0.1) is 0 Å². The van der Waals surface area contributed by atoms with Crippen molar-refractivity contribution in [1.29, 1.82) is 0 Å². The number of ether oxygens (including phenoxy) is 1. The molecule has 1 spiro atoms. The molecule has 2 aliphatic rings. The van der Waals surface area contributed by atoms with Gasteiger partial charge in [-0.2, -0.15) is 0 Å². The highest BCUT2D eigenvalue weighted by atomic mass is 32.2. The molecule has 4 nitrogen and oxygen atoms in total. The Morgan fingerprint density at radius 1 is 1.29 bits per heavy atom. The first kappa shape index (κ1) is 10.4. The van der Waals surface area contributed by atoms with Crippen LogP contribution in [0.3, 0.4) is 0 Å². The second-order valence-electron chi connectivity index (χ2n) is 4.35. The fraction of sp³-hybridized carbons (Fsp3) is 1.00. The normalized spacial score (nSPS) is 34.8. The highest BCUT2D eigenvalue weighted by Gasteiger charge is 2.43. The lowest BCUT2D eigenvalue weighted by atomic mass is 9.93. The van der Waals surface area contributed by atoms with Gasteiger partial charge in [-0.3, -0.25) is 0 Å². The van der Waals surface area contributed by atoms with E-state index >= 15 is 0 Å². The smallest absolute Gasteiger partial charge is 0.150 e. The maximum absolute atomic E-state index is 11.3. The SMILES string of the molecule is NCC1CCC2(CCS(=O)(=O)CC2)O1. The summed E-state index contributed by atoms with van der Waals surface area (Å²) in [5.41, 5.74) is 5.38. The van der Waals surface area contributed by atoms with Crippen molar-refractivity contribution in [3.63, 3.8) is 0 Å². The third-order valence-electron chi connectivity index (χ3n) is 3.34. The molecule has 2 N–H and O–H groups in total. The van der Waals surface area contributed by atoms with Crippen LogP contribution in [0.15, 0.2) is 0 Å². The quantitative estimate of drug-likeness (QED) is 0.677. The van der Waals surface area contributed by atoms with E-state index in [1.807, 2.05) is 0 Å². The number of hydrogen-bond donors (Lipinski definition) is 1. The zero-order valence-corrected chi connectivity index (χ0v) is 9.05. The molecule has 0 aromatic heterocycles. The average Bonchev–Trinajstić information content (AvgIpc) is 2.56. The van der Waals surface area contributed by atoms with Crippen molar-refractivity contribution in [2.24, 2.45) is 5.73 Å². The summed E-state index contributed by atoms with van der Waals surface area (Å²) >= 11 is 0. The van der Waals surface area contributed by atoms with Crippen LogP contribution in [0.1, 0.15) is 25.7 Å². The molecule has 0 aromatic carbocycles. The van der Waals surface area contributed by atoms with Crippen LogP contribution >= 0.6 is 0 Å². The first-order valence-corrected chi connectivity index (χ1v) is 6.96. The fourth-order valence-corrected chi connectivity index (χ4v) is 3.91. The monoisotopic (exact) mass is 219 g/mol. The van der Waals surface area contributed by atoms with E-state index < -0.39 is 9.84 Å². The molecular weight excluding hydrogens is 202 g/mol. The van der Waals surface area contributed by atoms with Crippen LogP contribution in [0.4, 0.5) is 0 Å². The number of nitrogens with two attached hydrogens (primary N) is 1. The molecule has 2 rings (SSSR count). The Morgan fingerprint density at radius 3 is 2.43 bits per heavy atom. The van der Waals surface area contributed by atoms with E-state index in [4.69, 9.17) is 10.5 Å². The summed E-state index contributed by atoms with van der Waals surface area (Å²) in [6.45, 7) is 0.550. The summed E-state index contributed by atoms with van der Waals surface area (Å²) in [5, 5.41) is 0. The average molecular weight is 219 g/mol. The Morgan fingerprint density at radius 2 is 1.93 bits per heavy atom. The third-order valence-corrected chi connectivity index (χ3v) is 4.99. The molecule has 1 atom stereocenters. The standard InChI is InChI=1S/C9H17NO3S/c10-7-8-1-2-9(13-8)3-5-14(11,12)6-4-9/h8H,1-7,10H2. The van der Waals surface area contributed by atoms with Gasteiger partial charge in [-0.05, 0) is 25.7 Å². The Hall–Kier alpha value is -0.130.